The molecule has 2 atom stereocenters. The van der Waals surface area contributed by atoms with Gasteiger partial charge < -0.3 is 15.8 Å². The number of rotatable bonds is 4. The number of carbonyl (C=O) groups is 1. The number of carbonyl (C=O) groups excluding carboxylic acids is 1. The average Bonchev–Trinajstić information content (AvgIpc) is 3.36. The molecule has 2 aliphatic carbocycles. The highest BCUT2D eigenvalue weighted by Gasteiger charge is 2.35. The molecule has 3 aromatic rings. The summed E-state index contributed by atoms with van der Waals surface area (Å²) >= 11 is 0. The Balaban J connectivity index is 1.45. The summed E-state index contributed by atoms with van der Waals surface area (Å²) < 4.78 is 8.53. The van der Waals surface area contributed by atoms with Crippen molar-refractivity contribution in [1.29, 1.82) is 0 Å². The van der Waals surface area contributed by atoms with E-state index in [4.69, 9.17) is 10.5 Å². The predicted octanol–water partition coefficient (Wildman–Crippen LogP) is 4.18. The second-order valence-corrected chi connectivity index (χ2v) is 8.76. The van der Waals surface area contributed by atoms with Crippen LogP contribution in [0.15, 0.2) is 42.6 Å². The normalized spacial score (nSPS) is 22.6. The summed E-state index contributed by atoms with van der Waals surface area (Å²) in [6.07, 6.45) is 8.28. The number of nitrogens with zero attached hydrogens (tertiary/aromatic N) is 3. The van der Waals surface area contributed by atoms with Crippen molar-refractivity contribution in [3.63, 3.8) is 0 Å². The van der Waals surface area contributed by atoms with Crippen molar-refractivity contribution < 1.29 is 9.53 Å². The summed E-state index contributed by atoms with van der Waals surface area (Å²) in [5, 5.41) is 11.7. The van der Waals surface area contributed by atoms with Crippen LogP contribution < -0.4 is 15.8 Å². The van der Waals surface area contributed by atoms with Gasteiger partial charge in [0.15, 0.2) is 5.65 Å². The molecule has 2 aromatic heterocycles. The van der Waals surface area contributed by atoms with E-state index in [1.54, 1.807) is 0 Å². The van der Waals surface area contributed by atoms with Crippen LogP contribution in [-0.2, 0) is 5.41 Å². The van der Waals surface area contributed by atoms with E-state index in [0.29, 0.717) is 0 Å². The average molecular weight is 406 g/mol. The molecule has 1 aromatic carbocycles. The van der Waals surface area contributed by atoms with Gasteiger partial charge in [0, 0.05) is 5.41 Å². The molecular formula is C23H27N5O2. The van der Waals surface area contributed by atoms with E-state index < -0.39 is 6.03 Å². The molecule has 0 saturated heterocycles. The van der Waals surface area contributed by atoms with Gasteiger partial charge in [-0.25, -0.2) is 4.79 Å². The van der Waals surface area contributed by atoms with Gasteiger partial charge in [-0.15, -0.1) is 10.2 Å². The number of urea groups is 1. The Morgan fingerprint density at radius 2 is 1.90 bits per heavy atom. The molecule has 2 heterocycles. The van der Waals surface area contributed by atoms with E-state index in [2.05, 4.69) is 32.9 Å². The molecule has 0 aliphatic heterocycles. The van der Waals surface area contributed by atoms with Crippen LogP contribution >= 0.6 is 0 Å². The zero-order valence-corrected chi connectivity index (χ0v) is 17.2. The van der Waals surface area contributed by atoms with Crippen molar-refractivity contribution in [1.82, 2.24) is 19.9 Å². The zero-order valence-electron chi connectivity index (χ0n) is 17.2. The zero-order chi connectivity index (χ0) is 20.7. The maximum absolute atomic E-state index is 11.4. The number of hydrogen-bond acceptors (Lipinski definition) is 4. The van der Waals surface area contributed by atoms with Gasteiger partial charge in [-0.1, -0.05) is 44.0 Å². The minimum Gasteiger partial charge on any atom is -0.484 e. The van der Waals surface area contributed by atoms with Crippen LogP contribution in [0.3, 0.4) is 0 Å². The third-order valence-corrected chi connectivity index (χ3v) is 6.65. The first kappa shape index (κ1) is 18.9. The number of fused-ring (bicyclic) bond motifs is 2. The number of ether oxygens (including phenoxy) is 1. The maximum atomic E-state index is 11.4. The summed E-state index contributed by atoms with van der Waals surface area (Å²) in [4.78, 5) is 11.4. The van der Waals surface area contributed by atoms with Crippen molar-refractivity contribution in [3.8, 4) is 5.75 Å². The number of primary amides is 1. The van der Waals surface area contributed by atoms with Gasteiger partial charge in [-0.2, -0.15) is 0 Å². The highest BCUT2D eigenvalue weighted by atomic mass is 16.5. The van der Waals surface area contributed by atoms with Gasteiger partial charge in [0.05, 0.1) is 12.2 Å². The molecule has 2 aliphatic rings. The Morgan fingerprint density at radius 3 is 2.67 bits per heavy atom. The number of benzene rings is 1. The summed E-state index contributed by atoms with van der Waals surface area (Å²) in [7, 11) is 0. The van der Waals surface area contributed by atoms with Gasteiger partial charge in [-0.3, -0.25) is 4.40 Å². The van der Waals surface area contributed by atoms with Gasteiger partial charge in [-0.05, 0) is 48.9 Å². The number of nitrogens with two attached hydrogens (primary N) is 1. The molecule has 0 unspecified atom stereocenters. The summed E-state index contributed by atoms with van der Waals surface area (Å²) in [6.45, 7) is 2.28. The van der Waals surface area contributed by atoms with Crippen molar-refractivity contribution in [2.45, 2.75) is 63.0 Å². The molecule has 2 amide bonds. The van der Waals surface area contributed by atoms with E-state index in [1.807, 2.05) is 36.5 Å². The topological polar surface area (TPSA) is 94.5 Å². The van der Waals surface area contributed by atoms with E-state index in [-0.39, 0.29) is 17.6 Å². The minimum atomic E-state index is -0.500. The maximum Gasteiger partial charge on any atom is 0.312 e. The fraction of sp³-hybridized carbons (Fsp3) is 0.435. The van der Waals surface area contributed by atoms with Crippen LogP contribution in [-0.4, -0.2) is 20.6 Å². The summed E-state index contributed by atoms with van der Waals surface area (Å²) in [5.41, 5.74) is 8.44. The van der Waals surface area contributed by atoms with Crippen LogP contribution in [0.5, 0.6) is 5.75 Å². The molecule has 1 saturated carbocycles. The molecule has 5 rings (SSSR count). The third-order valence-electron chi connectivity index (χ3n) is 6.65. The minimum absolute atomic E-state index is 0.0725. The number of aromatic nitrogens is 3. The Kier molecular flexibility index (Phi) is 4.60. The molecule has 3 N–H and O–H groups in total. The first-order valence-corrected chi connectivity index (χ1v) is 10.7. The Hall–Kier alpha value is -3.09. The summed E-state index contributed by atoms with van der Waals surface area (Å²) in [6, 6.07) is 11.4. The lowest BCUT2D eigenvalue weighted by atomic mass is 9.85. The van der Waals surface area contributed by atoms with Crippen molar-refractivity contribution >= 4 is 11.7 Å². The van der Waals surface area contributed by atoms with Crippen LogP contribution in [0.4, 0.5) is 4.79 Å². The number of pyridine rings is 1. The molecule has 7 nitrogen and oxygen atoms in total. The number of nitrogens with one attached hydrogen (secondary N) is 1. The first-order chi connectivity index (χ1) is 14.5. The molecule has 0 radical (unpaired) electrons. The smallest absolute Gasteiger partial charge is 0.312 e. The van der Waals surface area contributed by atoms with Crippen molar-refractivity contribution in [2.75, 3.05) is 0 Å². The van der Waals surface area contributed by atoms with Crippen LogP contribution in [0.25, 0.3) is 5.65 Å². The molecule has 0 bridgehead atoms. The van der Waals surface area contributed by atoms with Crippen molar-refractivity contribution in [3.05, 3.63) is 59.5 Å². The standard InChI is InChI=1S/C23H27N5O2/c1-23(12-4-5-13-23)21-27-26-20-11-8-15(14-28(20)21)30-19-10-9-18(25-22(24)29)16-6-2-3-7-17(16)19/h2-3,6-8,11,14,18-19H,4-5,9-10,12-13H2,1H3,(H3,24,25,29)/t18-,19+/m0/s1. The lowest BCUT2D eigenvalue weighted by molar-refractivity contribution is 0.171. The van der Waals surface area contributed by atoms with E-state index in [1.165, 1.54) is 12.8 Å². The van der Waals surface area contributed by atoms with Gasteiger partial charge >= 0.3 is 6.03 Å². The molecule has 0 spiro atoms. The molecule has 7 heteroatoms. The van der Waals surface area contributed by atoms with Gasteiger partial charge in [0.25, 0.3) is 0 Å². The molecule has 1 fully saturated rings. The van der Waals surface area contributed by atoms with E-state index in [9.17, 15) is 4.79 Å². The Labute approximate surface area is 175 Å². The lowest BCUT2D eigenvalue weighted by Crippen LogP contribution is -2.36. The molecule has 30 heavy (non-hydrogen) atoms. The predicted molar refractivity (Wildman–Crippen MR) is 113 cm³/mol. The number of hydrogen-bond donors (Lipinski definition) is 2. The second-order valence-electron chi connectivity index (χ2n) is 8.76. The highest BCUT2D eigenvalue weighted by Crippen LogP contribution is 2.41. The Bertz CT molecular complexity index is 1090. The number of amides is 2. The quantitative estimate of drug-likeness (QED) is 0.681. The van der Waals surface area contributed by atoms with Crippen molar-refractivity contribution in [2.24, 2.45) is 5.73 Å². The van der Waals surface area contributed by atoms with Gasteiger partial charge in [0.2, 0.25) is 0 Å². The summed E-state index contributed by atoms with van der Waals surface area (Å²) in [5.74, 6) is 1.82. The van der Waals surface area contributed by atoms with Crippen LogP contribution in [0, 0.1) is 0 Å². The molecule has 156 valence electrons. The lowest BCUT2D eigenvalue weighted by Gasteiger charge is -2.32. The largest absolute Gasteiger partial charge is 0.484 e. The fourth-order valence-corrected chi connectivity index (χ4v) is 5.09. The van der Waals surface area contributed by atoms with Crippen LogP contribution in [0.2, 0.25) is 0 Å². The highest BCUT2D eigenvalue weighted by molar-refractivity contribution is 5.72. The Morgan fingerprint density at radius 1 is 1.13 bits per heavy atom. The van der Waals surface area contributed by atoms with Gasteiger partial charge in [0.1, 0.15) is 17.7 Å². The molecular weight excluding hydrogens is 378 g/mol. The van der Waals surface area contributed by atoms with Crippen LogP contribution in [0.1, 0.15) is 74.5 Å². The third kappa shape index (κ3) is 3.28. The van der Waals surface area contributed by atoms with E-state index >= 15 is 0 Å². The second kappa shape index (κ2) is 7.31. The fourth-order valence-electron chi connectivity index (χ4n) is 5.09. The first-order valence-electron chi connectivity index (χ1n) is 10.7. The SMILES string of the molecule is CC1(c2nnc3ccc(O[C@@H]4CC[C@H](NC(N)=O)c5ccccc54)cn23)CCCC1. The monoisotopic (exact) mass is 405 g/mol. The van der Waals surface area contributed by atoms with E-state index in [0.717, 1.165) is 54.0 Å².